The lowest BCUT2D eigenvalue weighted by atomic mass is 9.99. The minimum absolute atomic E-state index is 0.250. The van der Waals surface area contributed by atoms with E-state index in [1.54, 1.807) is 0 Å². The van der Waals surface area contributed by atoms with Crippen molar-refractivity contribution < 1.29 is 50.4 Å². The maximum atomic E-state index is 10.4. The van der Waals surface area contributed by atoms with Crippen molar-refractivity contribution in [2.75, 3.05) is 0 Å². The van der Waals surface area contributed by atoms with E-state index in [-0.39, 0.29) is 12.9 Å². The van der Waals surface area contributed by atoms with E-state index >= 15 is 0 Å². The van der Waals surface area contributed by atoms with Crippen LogP contribution in [0.15, 0.2) is 0 Å². The van der Waals surface area contributed by atoms with Gasteiger partial charge in [-0.05, 0) is 25.7 Å². The summed E-state index contributed by atoms with van der Waals surface area (Å²) in [6.07, 6.45) is 32.4. The molecule has 0 aliphatic heterocycles. The Morgan fingerprint density at radius 2 is 0.638 bits per heavy atom. The first-order chi connectivity index (χ1) is 22.8. The average molecular weight is 681 g/mol. The van der Waals surface area contributed by atoms with E-state index in [1.165, 1.54) is 109 Å². The molecule has 2 atom stereocenters. The first-order valence-electron chi connectivity index (χ1n) is 18.8. The number of aliphatic hydroxyl groups is 2. The lowest BCUT2D eigenvalue weighted by Gasteiger charge is -2.17. The molecule has 0 aromatic heterocycles. The third-order valence-electron chi connectivity index (χ3n) is 8.18. The molecule has 0 aliphatic carbocycles. The van der Waals surface area contributed by atoms with Crippen molar-refractivity contribution >= 4 is 18.4 Å². The number of hydrogen-bond donors (Lipinski definition) is 7. The summed E-state index contributed by atoms with van der Waals surface area (Å²) in [6.45, 7) is 4.22. The lowest BCUT2D eigenvalue weighted by molar-refractivity contribution is -0.176. The summed E-state index contributed by atoms with van der Waals surface area (Å²) < 4.78 is 0. The minimum Gasteiger partial charge on any atom is -0.483 e. The predicted molar refractivity (Wildman–Crippen MR) is 191 cm³/mol. The summed E-state index contributed by atoms with van der Waals surface area (Å²) >= 11 is 0. The number of rotatable bonds is 32. The maximum Gasteiger partial charge on any atom is 0.303 e. The van der Waals surface area contributed by atoms with E-state index < -0.39 is 24.1 Å². The summed E-state index contributed by atoms with van der Waals surface area (Å²) in [6, 6.07) is 0. The Hall–Kier alpha value is -1.75. The zero-order valence-corrected chi connectivity index (χ0v) is 30.3. The van der Waals surface area contributed by atoms with Crippen LogP contribution in [0.2, 0.25) is 0 Å². The number of aliphatic hydroxyl groups excluding tert-OH is 2. The maximum absolute atomic E-state index is 10.4. The number of carboxylic acid groups (broad SMARTS) is 3. The molecule has 0 aliphatic rings. The molecule has 0 saturated heterocycles. The zero-order valence-electron chi connectivity index (χ0n) is 30.3. The fraction of sp³-hybridized carbons (Fsp3) is 0.919. The Morgan fingerprint density at radius 3 is 0.851 bits per heavy atom. The van der Waals surface area contributed by atoms with Gasteiger partial charge in [0.1, 0.15) is 0 Å². The summed E-state index contributed by atoms with van der Waals surface area (Å²) in [5.74, 6) is -1.38. The summed E-state index contributed by atoms with van der Waals surface area (Å²) in [5, 5.41) is 55.7. The van der Waals surface area contributed by atoms with Gasteiger partial charge in [0.05, 0.1) is 12.2 Å². The first-order valence-corrected chi connectivity index (χ1v) is 18.8. The highest BCUT2D eigenvalue weighted by atomic mass is 17.0. The summed E-state index contributed by atoms with van der Waals surface area (Å²) in [7, 11) is 0. The Balaban J connectivity index is -0.000000346. The fourth-order valence-corrected chi connectivity index (χ4v) is 5.33. The molecule has 0 aromatic carbocycles. The van der Waals surface area contributed by atoms with Crippen LogP contribution in [0.3, 0.4) is 0 Å². The van der Waals surface area contributed by atoms with Crippen LogP contribution in [0, 0.1) is 0 Å². The van der Waals surface area contributed by atoms with E-state index in [9.17, 15) is 19.8 Å². The molecule has 7 N–H and O–H groups in total. The van der Waals surface area contributed by atoms with Crippen molar-refractivity contribution in [1.82, 2.24) is 0 Å². The van der Waals surface area contributed by atoms with E-state index in [4.69, 9.17) is 30.6 Å². The van der Waals surface area contributed by atoms with Crippen LogP contribution in [0.5, 0.6) is 0 Å². The number of unbranched alkanes of at least 4 members (excludes halogenated alkanes) is 23. The molecular weight excluding hydrogens is 604 g/mol. The first kappa shape index (κ1) is 52.1. The van der Waals surface area contributed by atoms with E-state index in [1.807, 2.05) is 0 Å². The summed E-state index contributed by atoms with van der Waals surface area (Å²) in [4.78, 5) is 29.0. The van der Waals surface area contributed by atoms with Gasteiger partial charge in [0.25, 0.3) is 6.47 Å². The predicted octanol–water partition coefficient (Wildman–Crippen LogP) is 10.3. The van der Waals surface area contributed by atoms with Crippen molar-refractivity contribution in [3.05, 3.63) is 0 Å². The monoisotopic (exact) mass is 681 g/mol. The third kappa shape index (κ3) is 56.9. The highest BCUT2D eigenvalue weighted by molar-refractivity contribution is 5.66. The molecule has 284 valence electrons. The Morgan fingerprint density at radius 1 is 0.447 bits per heavy atom. The molecule has 10 heteroatoms. The lowest BCUT2D eigenvalue weighted by Crippen LogP contribution is -2.25. The fourth-order valence-electron chi connectivity index (χ4n) is 5.33. The molecular formula is C37H76O10. The van der Waals surface area contributed by atoms with Gasteiger partial charge in [-0.15, -0.1) is 0 Å². The van der Waals surface area contributed by atoms with E-state index in [0.29, 0.717) is 19.3 Å². The van der Waals surface area contributed by atoms with Gasteiger partial charge in [0, 0.05) is 12.8 Å². The van der Waals surface area contributed by atoms with Crippen molar-refractivity contribution in [3.63, 3.8) is 0 Å². The largest absolute Gasteiger partial charge is 0.483 e. The molecule has 0 rings (SSSR count). The van der Waals surface area contributed by atoms with Gasteiger partial charge in [0.15, 0.2) is 0 Å². The van der Waals surface area contributed by atoms with Gasteiger partial charge >= 0.3 is 11.9 Å². The smallest absolute Gasteiger partial charge is 0.303 e. The van der Waals surface area contributed by atoms with Gasteiger partial charge in [-0.1, -0.05) is 168 Å². The van der Waals surface area contributed by atoms with Crippen LogP contribution >= 0.6 is 0 Å². The molecule has 10 nitrogen and oxygen atoms in total. The topological polar surface area (TPSA) is 193 Å². The van der Waals surface area contributed by atoms with Gasteiger partial charge in [-0.3, -0.25) is 24.9 Å². The van der Waals surface area contributed by atoms with Gasteiger partial charge < -0.3 is 25.5 Å². The van der Waals surface area contributed by atoms with Crippen LogP contribution in [-0.4, -0.2) is 66.7 Å². The number of carbonyl (C=O) groups is 3. The number of carboxylic acids is 2. The van der Waals surface area contributed by atoms with Gasteiger partial charge in [-0.2, -0.15) is 0 Å². The highest BCUT2D eigenvalue weighted by Gasteiger charge is 2.15. The number of aliphatic carboxylic acids is 2. The molecule has 0 bridgehead atoms. The molecule has 0 spiro atoms. The summed E-state index contributed by atoms with van der Waals surface area (Å²) in [5.41, 5.74) is 0. The van der Waals surface area contributed by atoms with Gasteiger partial charge in [0.2, 0.25) is 0 Å². The van der Waals surface area contributed by atoms with Crippen LogP contribution in [0.25, 0.3) is 0 Å². The Bertz CT molecular complexity index is 604. The van der Waals surface area contributed by atoms with Crippen LogP contribution < -0.4 is 0 Å². The second-order valence-electron chi connectivity index (χ2n) is 12.6. The highest BCUT2D eigenvalue weighted by Crippen LogP contribution is 2.16. The molecule has 0 fully saturated rings. The minimum atomic E-state index is -0.728. The van der Waals surface area contributed by atoms with E-state index in [2.05, 4.69) is 13.8 Å². The standard InChI is InChI=1S/C18H36O4.C18H36O2.CH2O2.H2O2/c1-2-3-4-5-7-10-13-16(19)17(20)14-11-8-6-9-12-15-18(21)22;1-2-3-4-5-6-7-8-9-10-11-12-13-14-15-16-17-18(19)20;2-1-3;1-2/h16-17,19-20H,2-15H2,1H3,(H,21,22);2-17H2,1H3,(H,19,20);1H,(H,2,3);1-2H. The second-order valence-corrected chi connectivity index (χ2v) is 12.6. The Labute approximate surface area is 287 Å². The van der Waals surface area contributed by atoms with Gasteiger partial charge in [-0.25, -0.2) is 0 Å². The molecule has 0 saturated carbocycles. The Kier molecular flexibility index (Phi) is 53.9. The molecule has 0 heterocycles. The molecule has 0 amide bonds. The molecule has 2 unspecified atom stereocenters. The molecule has 47 heavy (non-hydrogen) atoms. The number of hydrogen-bond acceptors (Lipinski definition) is 7. The zero-order chi connectivity index (χ0) is 36.2. The third-order valence-corrected chi connectivity index (χ3v) is 8.18. The van der Waals surface area contributed by atoms with Crippen molar-refractivity contribution in [2.24, 2.45) is 0 Å². The average Bonchev–Trinajstić information content (AvgIpc) is 3.05. The normalized spacial score (nSPS) is 11.5. The van der Waals surface area contributed by atoms with E-state index in [0.717, 1.165) is 57.8 Å². The molecule has 0 radical (unpaired) electrons. The SMILES string of the molecule is CCCCCCCCC(O)C(O)CCCCCCCC(=O)O.CCCCCCCCCCCCCCCCCC(=O)O.O=CO.OO. The van der Waals surface area contributed by atoms with Crippen molar-refractivity contribution in [2.45, 2.75) is 219 Å². The van der Waals surface area contributed by atoms with Crippen molar-refractivity contribution in [3.8, 4) is 0 Å². The second kappa shape index (κ2) is 48.6. The van der Waals surface area contributed by atoms with Crippen LogP contribution in [0.1, 0.15) is 206 Å². The van der Waals surface area contributed by atoms with Crippen LogP contribution in [0.4, 0.5) is 0 Å². The quantitative estimate of drug-likeness (QED) is 0.0155. The van der Waals surface area contributed by atoms with Crippen LogP contribution in [-0.2, 0) is 14.4 Å². The van der Waals surface area contributed by atoms with Crippen molar-refractivity contribution in [1.29, 1.82) is 0 Å². The molecule has 0 aromatic rings.